The third-order valence-electron chi connectivity index (χ3n) is 25.8. The fourth-order valence-corrected chi connectivity index (χ4v) is 19.0. The van der Waals surface area contributed by atoms with Crippen LogP contribution < -0.4 is 32.1 Å². The van der Waals surface area contributed by atoms with Crippen LogP contribution in [-0.4, -0.2) is 79.8 Å². The van der Waals surface area contributed by atoms with Gasteiger partial charge < -0.3 is 0 Å². The van der Waals surface area contributed by atoms with E-state index in [4.69, 9.17) is 89.8 Å². The average Bonchev–Trinajstić information content (AvgIpc) is 1.69. The van der Waals surface area contributed by atoms with Crippen molar-refractivity contribution in [3.63, 3.8) is 0 Å². The van der Waals surface area contributed by atoms with Gasteiger partial charge in [-0.15, -0.1) is 0 Å². The fraction of sp³-hybridized carbons (Fsp3) is 0.0244. The number of para-hydroxylation sites is 3. The van der Waals surface area contributed by atoms with Crippen LogP contribution in [0.1, 0.15) is 0 Å². The Balaban J connectivity index is 0.000000112. The average molecular weight is 1810 g/mol. The van der Waals surface area contributed by atoms with Gasteiger partial charge in [-0.3, -0.25) is 30.0 Å². The molecule has 0 radical (unpaired) electrons. The minimum absolute atomic E-state index is 0.339. The van der Waals surface area contributed by atoms with Gasteiger partial charge in [-0.1, -0.05) is 400 Å². The Bertz CT molecular complexity index is 9290. The van der Waals surface area contributed by atoms with Crippen LogP contribution in [0.15, 0.2) is 467 Å². The summed E-state index contributed by atoms with van der Waals surface area (Å²) in [5.74, 6) is 5.22. The molecule has 0 saturated carbocycles. The van der Waals surface area contributed by atoms with Crippen LogP contribution in [-0.2, 0) is 0 Å². The molecule has 9 heterocycles. The number of hydrogen-bond donors (Lipinski definition) is 0. The number of nitrogens with zero attached hydrogens (tertiary/aromatic N) is 18. The summed E-state index contributed by atoms with van der Waals surface area (Å²) in [4.78, 5) is 90.5. The molecule has 18 nitrogen and oxygen atoms in total. The van der Waals surface area contributed by atoms with Crippen LogP contribution in [0, 0.1) is 0 Å². The molecule has 3 aliphatic heterocycles. The summed E-state index contributed by atoms with van der Waals surface area (Å²) in [5, 5.41) is 14.2. The lowest BCUT2D eigenvalue weighted by Gasteiger charge is -2.13. The number of pyridine rings is 3. The van der Waals surface area contributed by atoms with Crippen molar-refractivity contribution in [2.75, 3.05) is 20.0 Å². The maximum absolute atomic E-state index is 5.21. The van der Waals surface area contributed by atoms with E-state index in [0.29, 0.717) is 72.4 Å². The molecule has 0 atom stereocenters. The smallest absolute Gasteiger partial charge is 0.166 e. The molecule has 0 aliphatic carbocycles. The molecule has 27 rings (SSSR count). The molecule has 0 fully saturated rings. The summed E-state index contributed by atoms with van der Waals surface area (Å²) in [5.41, 5.74) is 23.3. The van der Waals surface area contributed by atoms with Gasteiger partial charge in [0.2, 0.25) is 0 Å². The van der Waals surface area contributed by atoms with Crippen molar-refractivity contribution in [2.45, 2.75) is 0 Å². The number of aromatic nitrogens is 12. The Labute approximate surface area is 808 Å². The zero-order valence-corrected chi connectivity index (χ0v) is 75.7. The summed E-state index contributed by atoms with van der Waals surface area (Å²) in [6.07, 6.45) is 0. The lowest BCUT2D eigenvalue weighted by atomic mass is 9.96. The highest BCUT2D eigenvalue weighted by Gasteiger charge is 2.27. The monoisotopic (exact) mass is 1810 g/mol. The van der Waals surface area contributed by atoms with E-state index in [1.165, 1.54) is 0 Å². The quantitative estimate of drug-likeness (QED) is 0.0873. The van der Waals surface area contributed by atoms with Crippen molar-refractivity contribution in [1.82, 2.24) is 59.8 Å². The van der Waals surface area contributed by atoms with Crippen LogP contribution in [0.4, 0.5) is 0 Å². The zero-order valence-electron chi connectivity index (χ0n) is 75.7. The predicted octanol–water partition coefficient (Wildman–Crippen LogP) is 24.4. The second kappa shape index (κ2) is 36.5. The van der Waals surface area contributed by atoms with Gasteiger partial charge in [-0.25, -0.2) is 59.8 Å². The van der Waals surface area contributed by atoms with Gasteiger partial charge >= 0.3 is 0 Å². The topological polar surface area (TPSA) is 229 Å². The Hall–Kier alpha value is -19.2. The molecule has 0 saturated heterocycles. The Morgan fingerprint density at radius 3 is 0.532 bits per heavy atom. The van der Waals surface area contributed by atoms with Crippen molar-refractivity contribution in [1.29, 1.82) is 0 Å². The molecule has 3 aliphatic rings. The molecular formula is C123H78N18. The standard InChI is InChI=1S/C47H30N6.C41H26N6.C35H22N6/c1-4-12-30(13-5-1)32-20-24-35(25-21-32)45-51-46(36-26-22-33(23-27-36)31-14-6-2-7-15-31)53-47(52-45)39-28-38-41(44-43(39)48-29-49-44)37-18-10-11-19-40(37)50-42(38)34-16-8-3-9-17-34;1-4-12-26(13-5-1)27-20-22-30(23-21-27)40-45-39(29-16-8-3-9-17-29)46-41(47-40)33-24-32-35(38-37(33)42-25-43-38)31-18-10-11-19-34(31)44-36(32)28-14-6-2-7-15-28;1-4-12-22(13-5-1)30-26-20-27(31-32(37-21-36-31)29(26)25-18-10-11-19-28(25)38-30)35-40-33(23-14-6-2-7-15-23)39-34(41-35)24-16-8-3-9-17-24/h1-28H,29H2;1-24H,25H2;1-20H,21H2. The Morgan fingerprint density at radius 1 is 0.128 bits per heavy atom. The fourth-order valence-electron chi connectivity index (χ4n) is 19.0. The molecule has 18 heteroatoms. The van der Waals surface area contributed by atoms with E-state index >= 15 is 0 Å². The zero-order chi connectivity index (χ0) is 93.5. The van der Waals surface area contributed by atoms with Gasteiger partial charge in [0.05, 0.1) is 65.8 Å². The molecule has 0 spiro atoms. The van der Waals surface area contributed by atoms with Gasteiger partial charge in [0, 0.05) is 115 Å². The predicted molar refractivity (Wildman–Crippen MR) is 561 cm³/mol. The highest BCUT2D eigenvalue weighted by molar-refractivity contribution is 6.14. The van der Waals surface area contributed by atoms with Gasteiger partial charge in [-0.2, -0.15) is 0 Å². The molecule has 18 aromatic carbocycles. The highest BCUT2D eigenvalue weighted by atomic mass is 15.1. The lowest BCUT2D eigenvalue weighted by Crippen LogP contribution is -2.26. The van der Waals surface area contributed by atoms with Crippen molar-refractivity contribution in [3.8, 4) is 170 Å². The second-order valence-electron chi connectivity index (χ2n) is 34.4. The van der Waals surface area contributed by atoms with E-state index in [2.05, 4.69) is 243 Å². The molecule has 0 N–H and O–H groups in total. The molecule has 660 valence electrons. The second-order valence-corrected chi connectivity index (χ2v) is 34.4. The van der Waals surface area contributed by atoms with Crippen molar-refractivity contribution in [3.05, 3.63) is 469 Å². The number of rotatable bonds is 15. The van der Waals surface area contributed by atoms with E-state index in [1.54, 1.807) is 0 Å². The van der Waals surface area contributed by atoms with Crippen molar-refractivity contribution >= 4 is 65.0 Å². The van der Waals surface area contributed by atoms with Crippen molar-refractivity contribution < 1.29 is 0 Å². The van der Waals surface area contributed by atoms with Crippen LogP contribution in [0.5, 0.6) is 0 Å². The van der Waals surface area contributed by atoms with E-state index in [1.807, 2.05) is 194 Å². The molecule has 141 heavy (non-hydrogen) atoms. The first-order chi connectivity index (χ1) is 69.9. The normalized spacial score (nSPS) is 12.1. The third kappa shape index (κ3) is 16.1. The molecule has 0 amide bonds. The maximum Gasteiger partial charge on any atom is 0.166 e. The van der Waals surface area contributed by atoms with Crippen LogP contribution in [0.25, 0.3) is 235 Å². The minimum Gasteiger partial charge on any atom is -0.259 e. The van der Waals surface area contributed by atoms with E-state index in [-0.39, 0.29) is 0 Å². The molecule has 24 aromatic rings. The first kappa shape index (κ1) is 83.6. The molecule has 6 aromatic heterocycles. The highest BCUT2D eigenvalue weighted by Crippen LogP contribution is 2.40. The summed E-state index contributed by atoms with van der Waals surface area (Å²) >= 11 is 0. The minimum atomic E-state index is 0.339. The van der Waals surface area contributed by atoms with Crippen LogP contribution >= 0.6 is 0 Å². The Morgan fingerprint density at radius 2 is 0.298 bits per heavy atom. The van der Waals surface area contributed by atoms with E-state index in [0.717, 1.165) is 214 Å². The van der Waals surface area contributed by atoms with E-state index in [9.17, 15) is 0 Å². The van der Waals surface area contributed by atoms with Crippen molar-refractivity contribution in [2.24, 2.45) is 30.0 Å². The van der Waals surface area contributed by atoms with Crippen LogP contribution in [0.2, 0.25) is 0 Å². The molecule has 0 unspecified atom stereocenters. The number of benzene rings is 18. The largest absolute Gasteiger partial charge is 0.259 e. The lowest BCUT2D eigenvalue weighted by molar-refractivity contribution is 1.05. The van der Waals surface area contributed by atoms with Crippen LogP contribution in [0.3, 0.4) is 0 Å². The number of fused-ring (bicyclic) bond motifs is 15. The molecular weight excluding hydrogens is 1730 g/mol. The van der Waals surface area contributed by atoms with Gasteiger partial charge in [-0.05, 0) is 69.8 Å². The Kier molecular flexibility index (Phi) is 21.7. The van der Waals surface area contributed by atoms with Gasteiger partial charge in [0.1, 0.15) is 20.0 Å². The summed E-state index contributed by atoms with van der Waals surface area (Å²) in [6, 6.07) is 148. The maximum atomic E-state index is 5.21. The number of hydrogen-bond acceptors (Lipinski definition) is 18. The summed E-state index contributed by atoms with van der Waals surface area (Å²) in [6.45, 7) is 1.05. The first-order valence-electron chi connectivity index (χ1n) is 46.7. The van der Waals surface area contributed by atoms with Gasteiger partial charge in [0.25, 0.3) is 0 Å². The summed E-state index contributed by atoms with van der Waals surface area (Å²) < 4.78 is 0. The van der Waals surface area contributed by atoms with Gasteiger partial charge in [0.15, 0.2) is 52.4 Å². The molecule has 0 bridgehead atoms. The van der Waals surface area contributed by atoms with E-state index < -0.39 is 0 Å². The third-order valence-corrected chi connectivity index (χ3v) is 25.8. The first-order valence-corrected chi connectivity index (χ1v) is 46.7. The summed E-state index contributed by atoms with van der Waals surface area (Å²) in [7, 11) is 0. The SMILES string of the molecule is c1ccc(-c2ccc(-c3nc(-c4ccc(-c5ccccc5)cc4)nc(-c4cc5c(-c6ccccc6)nc6ccccc6c5c5c4=NCN=5)n3)cc2)cc1.c1ccc(-c2ccc(-c3nc(-c4ccccc4)nc(-c4cc5c(-c6ccccc6)nc6ccccc6c5c5c4=NCN=5)n3)cc2)cc1.c1ccc(-c2nc(-c3ccccc3)nc(-c3cc4c(-c5ccccc5)nc5ccccc5c4c4c3=NCN=4)n2)cc1.